The van der Waals surface area contributed by atoms with Crippen LogP contribution in [0.1, 0.15) is 37.7 Å². The minimum atomic E-state index is -0.132. The summed E-state index contributed by atoms with van der Waals surface area (Å²) < 4.78 is 12.8. The maximum Gasteiger partial charge on any atom is 0.230 e. The second-order valence-corrected chi connectivity index (χ2v) is 7.68. The fraction of sp³-hybridized carbons (Fsp3) is 0.500. The number of rotatable bonds is 6. The van der Waals surface area contributed by atoms with Crippen LogP contribution in [0.4, 0.5) is 0 Å². The van der Waals surface area contributed by atoms with Gasteiger partial charge in [0.25, 0.3) is 0 Å². The van der Waals surface area contributed by atoms with Gasteiger partial charge in [0.1, 0.15) is 5.82 Å². The number of ether oxygens (including phenoxy) is 2. The Morgan fingerprint density at radius 3 is 2.70 bits per heavy atom. The van der Waals surface area contributed by atoms with Crippen molar-refractivity contribution in [2.45, 2.75) is 38.4 Å². The Bertz CT molecular complexity index is 808. The number of carbonyl (C=O) groups excluding carboxylic acids is 1. The molecule has 0 saturated carbocycles. The summed E-state index contributed by atoms with van der Waals surface area (Å²) in [6, 6.07) is 5.71. The van der Waals surface area contributed by atoms with E-state index >= 15 is 0 Å². The highest BCUT2D eigenvalue weighted by Gasteiger charge is 2.21. The number of benzene rings is 1. The number of thioether (sulfide) groups is 1. The second-order valence-electron chi connectivity index (χ2n) is 6.73. The highest BCUT2D eigenvalue weighted by molar-refractivity contribution is 7.99. The first-order valence-electron chi connectivity index (χ1n) is 8.94. The molecule has 9 heteroatoms. The van der Waals surface area contributed by atoms with Crippen LogP contribution in [-0.2, 0) is 4.79 Å². The molecule has 0 bridgehead atoms. The lowest BCUT2D eigenvalue weighted by Crippen LogP contribution is -2.33. The number of aromatic nitrogens is 3. The van der Waals surface area contributed by atoms with E-state index in [0.717, 1.165) is 23.5 Å². The van der Waals surface area contributed by atoms with Crippen LogP contribution in [0.25, 0.3) is 0 Å². The molecule has 1 amide bonds. The Hall–Kier alpha value is -2.42. The fourth-order valence-corrected chi connectivity index (χ4v) is 3.52. The molecule has 3 rings (SSSR count). The molecule has 27 heavy (non-hydrogen) atoms. The van der Waals surface area contributed by atoms with Gasteiger partial charge in [-0.1, -0.05) is 31.7 Å². The number of hydrogen-bond acceptors (Lipinski definition) is 7. The van der Waals surface area contributed by atoms with Gasteiger partial charge >= 0.3 is 0 Å². The Morgan fingerprint density at radius 1 is 1.30 bits per heavy atom. The highest BCUT2D eigenvalue weighted by Crippen LogP contribution is 2.34. The average Bonchev–Trinajstić information content (AvgIpc) is 2.85. The normalized spacial score (nSPS) is 14.7. The number of carbonyl (C=O) groups is 1. The van der Waals surface area contributed by atoms with Gasteiger partial charge < -0.3 is 20.6 Å². The number of nitrogens with one attached hydrogen (secondary N) is 1. The first kappa shape index (κ1) is 19.3. The summed E-state index contributed by atoms with van der Waals surface area (Å²) >= 11 is 1.26. The van der Waals surface area contributed by atoms with Crippen LogP contribution in [0.5, 0.6) is 11.5 Å². The van der Waals surface area contributed by atoms with Gasteiger partial charge in [-0.2, -0.15) is 0 Å². The Labute approximate surface area is 162 Å². The van der Waals surface area contributed by atoms with Crippen LogP contribution in [0.3, 0.4) is 0 Å². The first-order chi connectivity index (χ1) is 13.0. The molecule has 1 aromatic carbocycles. The zero-order chi connectivity index (χ0) is 19.4. The summed E-state index contributed by atoms with van der Waals surface area (Å²) in [6.07, 6.45) is 0.858. The van der Waals surface area contributed by atoms with E-state index in [1.165, 1.54) is 16.4 Å². The van der Waals surface area contributed by atoms with Crippen LogP contribution < -0.4 is 20.6 Å². The molecule has 2 heterocycles. The van der Waals surface area contributed by atoms with E-state index in [0.29, 0.717) is 24.2 Å². The van der Waals surface area contributed by atoms with Crippen molar-refractivity contribution in [3.8, 4) is 11.5 Å². The fourth-order valence-electron chi connectivity index (χ4n) is 2.80. The van der Waals surface area contributed by atoms with Gasteiger partial charge in [0.2, 0.25) is 11.1 Å². The minimum Gasteiger partial charge on any atom is -0.490 e. The van der Waals surface area contributed by atoms with Gasteiger partial charge in [-0.05, 0) is 30.5 Å². The molecule has 1 atom stereocenters. The third kappa shape index (κ3) is 4.65. The lowest BCUT2D eigenvalue weighted by atomic mass is 9.95. The van der Waals surface area contributed by atoms with Gasteiger partial charge in [0, 0.05) is 6.42 Å². The minimum absolute atomic E-state index is 0.0912. The quantitative estimate of drug-likeness (QED) is 0.574. The van der Waals surface area contributed by atoms with Gasteiger partial charge in [-0.3, -0.25) is 4.79 Å². The molecular weight excluding hydrogens is 366 g/mol. The van der Waals surface area contributed by atoms with Crippen molar-refractivity contribution >= 4 is 17.7 Å². The van der Waals surface area contributed by atoms with Crippen LogP contribution in [0.15, 0.2) is 23.4 Å². The Balaban J connectivity index is 1.67. The number of fused-ring (bicyclic) bond motifs is 1. The zero-order valence-corrected chi connectivity index (χ0v) is 16.6. The summed E-state index contributed by atoms with van der Waals surface area (Å²) in [6.45, 7) is 7.18. The maximum atomic E-state index is 12.5. The van der Waals surface area contributed by atoms with E-state index in [9.17, 15) is 4.79 Å². The number of nitrogens with zero attached hydrogens (tertiary/aromatic N) is 3. The van der Waals surface area contributed by atoms with Crippen LogP contribution >= 0.6 is 11.8 Å². The molecule has 2 aromatic rings. The van der Waals surface area contributed by atoms with Gasteiger partial charge in [0.05, 0.1) is 25.0 Å². The first-order valence-corrected chi connectivity index (χ1v) is 9.93. The van der Waals surface area contributed by atoms with Crippen molar-refractivity contribution in [3.63, 3.8) is 0 Å². The van der Waals surface area contributed by atoms with E-state index in [-0.39, 0.29) is 23.6 Å². The standard InChI is InChI=1S/C18H25N5O3S/c1-11(2)17(13-5-6-14-15(9-13)26-8-4-7-25-14)20-16(24)10-27-18-22-21-12(3)23(18)19/h5-6,9,11,17H,4,7-8,10,19H2,1-3H3,(H,20,24)/t17-/m0/s1. The van der Waals surface area contributed by atoms with E-state index in [1.807, 2.05) is 18.2 Å². The van der Waals surface area contributed by atoms with Gasteiger partial charge in [0.15, 0.2) is 11.5 Å². The van der Waals surface area contributed by atoms with Crippen molar-refractivity contribution in [3.05, 3.63) is 29.6 Å². The summed E-state index contributed by atoms with van der Waals surface area (Å²) in [4.78, 5) is 12.5. The maximum absolute atomic E-state index is 12.5. The molecule has 0 saturated heterocycles. The molecule has 3 N–H and O–H groups in total. The number of hydrogen-bond donors (Lipinski definition) is 2. The molecule has 0 aliphatic carbocycles. The van der Waals surface area contributed by atoms with Crippen LogP contribution in [0, 0.1) is 12.8 Å². The molecule has 1 aromatic heterocycles. The van der Waals surface area contributed by atoms with Crippen molar-refractivity contribution in [1.29, 1.82) is 0 Å². The van der Waals surface area contributed by atoms with E-state index in [2.05, 4.69) is 29.4 Å². The van der Waals surface area contributed by atoms with E-state index in [4.69, 9.17) is 15.3 Å². The SMILES string of the molecule is Cc1nnc(SCC(=O)N[C@H](c2ccc3c(c2)OCCCO3)C(C)C)n1N. The number of aryl methyl sites for hydroxylation is 1. The van der Waals surface area contributed by atoms with Crippen molar-refractivity contribution in [2.75, 3.05) is 24.8 Å². The molecule has 8 nitrogen and oxygen atoms in total. The Kier molecular flexibility index (Phi) is 6.10. The Morgan fingerprint density at radius 2 is 2.04 bits per heavy atom. The molecule has 1 aliphatic heterocycles. The van der Waals surface area contributed by atoms with Crippen molar-refractivity contribution < 1.29 is 14.3 Å². The molecule has 0 spiro atoms. The monoisotopic (exact) mass is 391 g/mol. The predicted octanol–water partition coefficient (Wildman–Crippen LogP) is 2.07. The lowest BCUT2D eigenvalue weighted by molar-refractivity contribution is -0.119. The lowest BCUT2D eigenvalue weighted by Gasteiger charge is -2.23. The van der Waals surface area contributed by atoms with Crippen LogP contribution in [0.2, 0.25) is 0 Å². The van der Waals surface area contributed by atoms with E-state index < -0.39 is 0 Å². The predicted molar refractivity (Wildman–Crippen MR) is 103 cm³/mol. The number of amides is 1. The summed E-state index contributed by atoms with van der Waals surface area (Å²) in [5, 5.41) is 11.5. The molecule has 1 aliphatic rings. The summed E-state index contributed by atoms with van der Waals surface area (Å²) in [7, 11) is 0. The zero-order valence-electron chi connectivity index (χ0n) is 15.8. The molecule has 146 valence electrons. The van der Waals surface area contributed by atoms with Crippen molar-refractivity contribution in [2.24, 2.45) is 5.92 Å². The number of nitrogen functional groups attached to an aromatic ring is 1. The van der Waals surface area contributed by atoms with Gasteiger partial charge in [-0.15, -0.1) is 10.2 Å². The third-order valence-corrected chi connectivity index (χ3v) is 5.22. The van der Waals surface area contributed by atoms with Crippen LogP contribution in [-0.4, -0.2) is 39.7 Å². The van der Waals surface area contributed by atoms with Crippen molar-refractivity contribution in [1.82, 2.24) is 20.2 Å². The largest absolute Gasteiger partial charge is 0.490 e. The second kappa shape index (κ2) is 8.51. The smallest absolute Gasteiger partial charge is 0.230 e. The molecule has 0 unspecified atom stereocenters. The molecule has 0 radical (unpaired) electrons. The number of nitrogens with two attached hydrogens (primary N) is 1. The third-order valence-electron chi connectivity index (χ3n) is 4.28. The average molecular weight is 391 g/mol. The van der Waals surface area contributed by atoms with E-state index in [1.54, 1.807) is 6.92 Å². The summed E-state index contributed by atoms with van der Waals surface area (Å²) in [5.74, 6) is 8.23. The summed E-state index contributed by atoms with van der Waals surface area (Å²) in [5.41, 5.74) is 0.991. The highest BCUT2D eigenvalue weighted by atomic mass is 32.2. The van der Waals surface area contributed by atoms with Gasteiger partial charge in [-0.25, -0.2) is 4.68 Å². The topological polar surface area (TPSA) is 104 Å². The molecular formula is C18H25N5O3S. The molecule has 0 fully saturated rings.